The Kier molecular flexibility index (Phi) is 4.63. The molecule has 162 valence electrons. The third kappa shape index (κ3) is 3.06. The molecule has 2 heterocycles. The van der Waals surface area contributed by atoms with E-state index >= 15 is 4.39 Å². The highest BCUT2D eigenvalue weighted by molar-refractivity contribution is 5.94. The standard InChI is InChI=1S/C23H24F2N4O2/c1-2-27-23(4-5-23)14-3-6-28(11-14)21-16(9-26)20-15(7-18(21)25)22(31)13(12-30)10-29(20)19-8-17(19)24/h7,10,12,14,17,19,27H,2-6,8,11H2,1H3/t14-,17+,19-/m1/s1. The number of aromatic nitrogens is 1. The van der Waals surface area contributed by atoms with E-state index in [1.165, 1.54) is 10.8 Å². The minimum absolute atomic E-state index is 0.0394. The highest BCUT2D eigenvalue weighted by Crippen LogP contribution is 2.48. The van der Waals surface area contributed by atoms with Gasteiger partial charge in [-0.25, -0.2) is 8.78 Å². The SMILES string of the molecule is CCNC1([C@@H]2CCN(c3c(F)cc4c(=O)c(C=O)cn([C@@H]5C[C@@H]5F)c4c3C#N)C2)CC1. The van der Waals surface area contributed by atoms with Gasteiger partial charge >= 0.3 is 0 Å². The maximum atomic E-state index is 15.3. The fraction of sp³-hybridized carbons (Fsp3) is 0.522. The summed E-state index contributed by atoms with van der Waals surface area (Å²) in [6, 6.07) is 2.64. The lowest BCUT2D eigenvalue weighted by molar-refractivity contribution is 0.112. The molecule has 0 radical (unpaired) electrons. The Balaban J connectivity index is 1.65. The predicted octanol–water partition coefficient (Wildman–Crippen LogP) is 3.08. The van der Waals surface area contributed by atoms with Crippen LogP contribution in [0.15, 0.2) is 17.1 Å². The Morgan fingerprint density at radius 2 is 2.16 bits per heavy atom. The molecule has 0 unspecified atom stereocenters. The van der Waals surface area contributed by atoms with Gasteiger partial charge in [0.15, 0.2) is 11.7 Å². The van der Waals surface area contributed by atoms with E-state index in [1.807, 2.05) is 4.90 Å². The topological polar surface area (TPSA) is 78.1 Å². The van der Waals surface area contributed by atoms with E-state index < -0.39 is 23.5 Å². The number of carbonyl (C=O) groups excluding carboxylic acids is 1. The quantitative estimate of drug-likeness (QED) is 0.719. The largest absolute Gasteiger partial charge is 0.368 e. The summed E-state index contributed by atoms with van der Waals surface area (Å²) in [4.78, 5) is 26.0. The number of rotatable bonds is 6. The number of alkyl halides is 1. The number of nitrogens with zero attached hydrogens (tertiary/aromatic N) is 3. The van der Waals surface area contributed by atoms with Crippen LogP contribution in [0.1, 0.15) is 54.6 Å². The van der Waals surface area contributed by atoms with E-state index in [9.17, 15) is 19.2 Å². The first-order chi connectivity index (χ1) is 14.9. The average molecular weight is 426 g/mol. The third-order valence-corrected chi connectivity index (χ3v) is 7.15. The van der Waals surface area contributed by atoms with E-state index in [0.29, 0.717) is 25.3 Å². The van der Waals surface area contributed by atoms with Crippen LogP contribution in [0.25, 0.3) is 10.9 Å². The molecule has 3 fully saturated rings. The van der Waals surface area contributed by atoms with Gasteiger partial charge in [-0.3, -0.25) is 9.59 Å². The maximum absolute atomic E-state index is 15.3. The summed E-state index contributed by atoms with van der Waals surface area (Å²) >= 11 is 0. The van der Waals surface area contributed by atoms with Crippen LogP contribution in [-0.2, 0) is 0 Å². The zero-order chi connectivity index (χ0) is 21.9. The molecule has 5 rings (SSSR count). The van der Waals surface area contributed by atoms with E-state index in [2.05, 4.69) is 18.3 Å². The van der Waals surface area contributed by atoms with Crippen molar-refractivity contribution < 1.29 is 13.6 Å². The molecule has 1 N–H and O–H groups in total. The van der Waals surface area contributed by atoms with Crippen molar-refractivity contribution in [2.24, 2.45) is 5.92 Å². The van der Waals surface area contributed by atoms with E-state index in [0.717, 1.165) is 31.9 Å². The number of anilines is 1. The minimum atomic E-state index is -1.11. The second-order valence-electron chi connectivity index (χ2n) is 8.97. The Morgan fingerprint density at radius 1 is 1.42 bits per heavy atom. The summed E-state index contributed by atoms with van der Waals surface area (Å²) < 4.78 is 30.8. The van der Waals surface area contributed by atoms with E-state index in [-0.39, 0.29) is 39.7 Å². The van der Waals surface area contributed by atoms with Crippen molar-refractivity contribution in [2.45, 2.75) is 50.4 Å². The number of nitriles is 1. The molecule has 2 aliphatic carbocycles. The van der Waals surface area contributed by atoms with Gasteiger partial charge in [-0.1, -0.05) is 6.92 Å². The highest BCUT2D eigenvalue weighted by atomic mass is 19.1. The van der Waals surface area contributed by atoms with Crippen molar-refractivity contribution in [3.63, 3.8) is 0 Å². The highest BCUT2D eigenvalue weighted by Gasteiger charge is 2.51. The van der Waals surface area contributed by atoms with Gasteiger partial charge in [0, 0.05) is 31.2 Å². The van der Waals surface area contributed by atoms with Crippen LogP contribution in [0.5, 0.6) is 0 Å². The Labute approximate surface area is 178 Å². The normalized spacial score (nSPS) is 26.1. The van der Waals surface area contributed by atoms with E-state index in [4.69, 9.17) is 0 Å². The van der Waals surface area contributed by atoms with E-state index in [1.54, 1.807) is 0 Å². The number of hydrogen-bond acceptors (Lipinski definition) is 5. The van der Waals surface area contributed by atoms with Gasteiger partial charge in [0.05, 0.1) is 28.2 Å². The summed E-state index contributed by atoms with van der Waals surface area (Å²) in [7, 11) is 0. The maximum Gasteiger partial charge on any atom is 0.200 e. The number of halogens is 2. The van der Waals surface area contributed by atoms with Crippen LogP contribution < -0.4 is 15.6 Å². The van der Waals surface area contributed by atoms with Crippen molar-refractivity contribution in [1.82, 2.24) is 9.88 Å². The molecule has 0 bridgehead atoms. The number of hydrogen-bond donors (Lipinski definition) is 1. The molecule has 1 aliphatic heterocycles. The Morgan fingerprint density at radius 3 is 2.74 bits per heavy atom. The van der Waals surface area contributed by atoms with Gasteiger partial charge in [-0.15, -0.1) is 0 Å². The fourth-order valence-electron chi connectivity index (χ4n) is 5.33. The van der Waals surface area contributed by atoms with Crippen LogP contribution in [0.4, 0.5) is 14.5 Å². The zero-order valence-corrected chi connectivity index (χ0v) is 17.3. The zero-order valence-electron chi connectivity index (χ0n) is 17.3. The number of aldehydes is 1. The van der Waals surface area contributed by atoms with Crippen molar-refractivity contribution in [3.05, 3.63) is 39.4 Å². The summed E-state index contributed by atoms with van der Waals surface area (Å²) in [5.41, 5.74) is -0.269. The van der Waals surface area contributed by atoms with Crippen LogP contribution in [0, 0.1) is 23.1 Å². The first-order valence-corrected chi connectivity index (χ1v) is 10.8. The number of fused-ring (bicyclic) bond motifs is 1. The molecule has 6 nitrogen and oxygen atoms in total. The molecule has 2 saturated carbocycles. The first kappa shape index (κ1) is 20.1. The summed E-state index contributed by atoms with van der Waals surface area (Å²) in [6.45, 7) is 4.19. The summed E-state index contributed by atoms with van der Waals surface area (Å²) in [5, 5.41) is 13.5. The number of carbonyl (C=O) groups is 1. The van der Waals surface area contributed by atoms with Gasteiger partial charge in [0.2, 0.25) is 0 Å². The third-order valence-electron chi connectivity index (χ3n) is 7.15. The molecule has 1 aromatic carbocycles. The molecule has 1 saturated heterocycles. The Bertz CT molecular complexity index is 1180. The van der Waals surface area contributed by atoms with Crippen LogP contribution in [0.2, 0.25) is 0 Å². The van der Waals surface area contributed by atoms with Crippen LogP contribution in [0.3, 0.4) is 0 Å². The van der Waals surface area contributed by atoms with Crippen LogP contribution in [-0.4, -0.2) is 42.2 Å². The lowest BCUT2D eigenvalue weighted by atomic mass is 9.96. The van der Waals surface area contributed by atoms with Gasteiger partial charge in [0.1, 0.15) is 23.6 Å². The van der Waals surface area contributed by atoms with Crippen molar-refractivity contribution in [3.8, 4) is 6.07 Å². The Hall–Kier alpha value is -2.79. The minimum Gasteiger partial charge on any atom is -0.368 e. The average Bonchev–Trinajstić information content (AvgIpc) is 3.64. The lowest BCUT2D eigenvalue weighted by Gasteiger charge is -2.26. The van der Waals surface area contributed by atoms with Crippen molar-refractivity contribution in [1.29, 1.82) is 5.26 Å². The smallest absolute Gasteiger partial charge is 0.200 e. The molecule has 3 atom stereocenters. The molecule has 3 aliphatic rings. The van der Waals surface area contributed by atoms with Crippen molar-refractivity contribution in [2.75, 3.05) is 24.5 Å². The molecule has 2 aromatic rings. The molecule has 0 amide bonds. The predicted molar refractivity (Wildman–Crippen MR) is 113 cm³/mol. The monoisotopic (exact) mass is 426 g/mol. The van der Waals surface area contributed by atoms with Crippen molar-refractivity contribution >= 4 is 22.9 Å². The molecular weight excluding hydrogens is 402 g/mol. The number of benzene rings is 1. The molecular formula is C23H24F2N4O2. The summed E-state index contributed by atoms with van der Waals surface area (Å²) in [6.07, 6.45) is 3.91. The second-order valence-corrected chi connectivity index (χ2v) is 8.97. The molecule has 31 heavy (non-hydrogen) atoms. The number of pyridine rings is 1. The van der Waals surface area contributed by atoms with Crippen LogP contribution >= 0.6 is 0 Å². The van der Waals surface area contributed by atoms with Gasteiger partial charge < -0.3 is 14.8 Å². The molecule has 0 spiro atoms. The first-order valence-electron chi connectivity index (χ1n) is 10.8. The van der Waals surface area contributed by atoms with Gasteiger partial charge in [-0.2, -0.15) is 5.26 Å². The lowest BCUT2D eigenvalue weighted by Crippen LogP contribution is -2.40. The van der Waals surface area contributed by atoms with Gasteiger partial charge in [0.25, 0.3) is 0 Å². The van der Waals surface area contributed by atoms with Gasteiger partial charge in [-0.05, 0) is 37.8 Å². The molecule has 8 heteroatoms. The molecule has 1 aromatic heterocycles. The number of nitrogens with one attached hydrogen (secondary N) is 1. The fourth-order valence-corrected chi connectivity index (χ4v) is 5.33. The second kappa shape index (κ2) is 7.13. The summed E-state index contributed by atoms with van der Waals surface area (Å²) in [5.74, 6) is -0.301.